The van der Waals surface area contributed by atoms with Gasteiger partial charge in [0.1, 0.15) is 5.75 Å². The topological polar surface area (TPSA) is 82.1 Å². The SMILES string of the molecule is CO[Si](OC)(OC)c1ccccc1CS(=O)(=O)O. The Morgan fingerprint density at radius 1 is 1.11 bits per heavy atom. The van der Waals surface area contributed by atoms with Crippen molar-refractivity contribution < 1.29 is 26.2 Å². The molecule has 0 radical (unpaired) electrons. The molecule has 0 fully saturated rings. The molecule has 0 aliphatic rings. The summed E-state index contributed by atoms with van der Waals surface area (Å²) in [4.78, 5) is 0. The molecule has 18 heavy (non-hydrogen) atoms. The first-order valence-corrected chi connectivity index (χ1v) is 8.41. The first kappa shape index (κ1) is 15.3. The van der Waals surface area contributed by atoms with Crippen LogP contribution in [0.2, 0.25) is 0 Å². The Bertz CT molecular complexity index is 489. The Morgan fingerprint density at radius 3 is 2.06 bits per heavy atom. The smallest absolute Gasteiger partial charge is 0.373 e. The highest BCUT2D eigenvalue weighted by Gasteiger charge is 2.42. The van der Waals surface area contributed by atoms with E-state index in [1.54, 1.807) is 24.3 Å². The van der Waals surface area contributed by atoms with Crippen LogP contribution in [0.4, 0.5) is 0 Å². The molecular weight excluding hydrogens is 276 g/mol. The monoisotopic (exact) mass is 292 g/mol. The molecule has 0 bridgehead atoms. The maximum atomic E-state index is 11.0. The molecule has 0 aliphatic heterocycles. The third kappa shape index (κ3) is 3.37. The fraction of sp³-hybridized carbons (Fsp3) is 0.400. The van der Waals surface area contributed by atoms with Crippen LogP contribution in [0.1, 0.15) is 5.56 Å². The highest BCUT2D eigenvalue weighted by Crippen LogP contribution is 2.12. The third-order valence-corrected chi connectivity index (χ3v) is 5.93. The molecule has 0 aliphatic carbocycles. The zero-order chi connectivity index (χ0) is 13.8. The van der Waals surface area contributed by atoms with Crippen LogP contribution in [0, 0.1) is 0 Å². The molecule has 1 rings (SSSR count). The van der Waals surface area contributed by atoms with Gasteiger partial charge in [-0.1, -0.05) is 24.3 Å². The van der Waals surface area contributed by atoms with Crippen LogP contribution < -0.4 is 5.19 Å². The first-order chi connectivity index (χ1) is 8.38. The van der Waals surface area contributed by atoms with Crippen LogP contribution in [0.5, 0.6) is 0 Å². The van der Waals surface area contributed by atoms with Gasteiger partial charge in [-0.25, -0.2) is 0 Å². The first-order valence-electron chi connectivity index (χ1n) is 5.07. The lowest BCUT2D eigenvalue weighted by molar-refractivity contribution is 0.140. The summed E-state index contributed by atoms with van der Waals surface area (Å²) in [6.07, 6.45) is 0. The Balaban J connectivity index is 3.31. The summed E-state index contributed by atoms with van der Waals surface area (Å²) in [5.74, 6) is -0.506. The molecular formula is C10H16O6SSi. The van der Waals surface area contributed by atoms with Crippen LogP contribution in [0.25, 0.3) is 0 Å². The van der Waals surface area contributed by atoms with Crippen molar-refractivity contribution in [3.8, 4) is 0 Å². The van der Waals surface area contributed by atoms with E-state index in [4.69, 9.17) is 17.8 Å². The summed E-state index contributed by atoms with van der Waals surface area (Å²) in [7, 11) is -2.94. The Hall–Kier alpha value is -0.773. The van der Waals surface area contributed by atoms with Crippen molar-refractivity contribution in [3.63, 3.8) is 0 Å². The molecule has 1 aromatic carbocycles. The molecule has 0 spiro atoms. The second kappa shape index (κ2) is 5.91. The summed E-state index contributed by atoms with van der Waals surface area (Å²) < 4.78 is 46.8. The van der Waals surface area contributed by atoms with Gasteiger partial charge in [-0.3, -0.25) is 4.55 Å². The Morgan fingerprint density at radius 2 is 1.61 bits per heavy atom. The molecule has 0 heterocycles. The van der Waals surface area contributed by atoms with Gasteiger partial charge < -0.3 is 13.3 Å². The van der Waals surface area contributed by atoms with E-state index in [0.717, 1.165) is 0 Å². The van der Waals surface area contributed by atoms with Crippen molar-refractivity contribution >= 4 is 24.1 Å². The van der Waals surface area contributed by atoms with Crippen molar-refractivity contribution in [2.45, 2.75) is 5.75 Å². The van der Waals surface area contributed by atoms with Gasteiger partial charge in [0.25, 0.3) is 10.1 Å². The molecule has 8 heteroatoms. The van der Waals surface area contributed by atoms with E-state index in [1.165, 1.54) is 21.3 Å². The lowest BCUT2D eigenvalue weighted by Gasteiger charge is -2.26. The fourth-order valence-electron chi connectivity index (χ4n) is 1.72. The molecule has 0 saturated heterocycles. The van der Waals surface area contributed by atoms with Gasteiger partial charge >= 0.3 is 8.80 Å². The number of benzene rings is 1. The standard InChI is InChI=1S/C10H16O6SSi/c1-14-18(15-2,16-3)10-7-5-4-6-9(10)8-17(11,12)13/h4-7H,8H2,1-3H3,(H,11,12,13). The maximum absolute atomic E-state index is 11.0. The largest absolute Gasteiger partial charge is 0.536 e. The maximum Gasteiger partial charge on any atom is 0.536 e. The summed E-state index contributed by atoms with van der Waals surface area (Å²) in [6.45, 7) is 0. The quantitative estimate of drug-likeness (QED) is 0.594. The van der Waals surface area contributed by atoms with Crippen molar-refractivity contribution in [1.29, 1.82) is 0 Å². The van der Waals surface area contributed by atoms with E-state index in [-0.39, 0.29) is 0 Å². The van der Waals surface area contributed by atoms with Crippen LogP contribution in [-0.4, -0.2) is 43.1 Å². The zero-order valence-corrected chi connectivity index (χ0v) is 12.2. The molecule has 0 amide bonds. The minimum Gasteiger partial charge on any atom is -0.373 e. The molecule has 102 valence electrons. The highest BCUT2D eigenvalue weighted by atomic mass is 32.2. The van der Waals surface area contributed by atoms with Crippen molar-refractivity contribution in [3.05, 3.63) is 29.8 Å². The highest BCUT2D eigenvalue weighted by molar-refractivity contribution is 7.85. The summed E-state index contributed by atoms with van der Waals surface area (Å²) in [5, 5.41) is 0.523. The van der Waals surface area contributed by atoms with Gasteiger partial charge in [0, 0.05) is 26.5 Å². The van der Waals surface area contributed by atoms with Crippen molar-refractivity contribution in [2.75, 3.05) is 21.3 Å². The van der Waals surface area contributed by atoms with Crippen LogP contribution in [0.3, 0.4) is 0 Å². The molecule has 0 saturated carbocycles. The molecule has 1 N–H and O–H groups in total. The van der Waals surface area contributed by atoms with Gasteiger partial charge in [0.15, 0.2) is 0 Å². The predicted octanol–water partition coefficient (Wildman–Crippen LogP) is 0.159. The van der Waals surface area contributed by atoms with E-state index >= 15 is 0 Å². The molecule has 0 atom stereocenters. The van der Waals surface area contributed by atoms with Crippen LogP contribution in [-0.2, 0) is 29.1 Å². The molecule has 1 aromatic rings. The average Bonchev–Trinajstić information content (AvgIpc) is 2.32. The van der Waals surface area contributed by atoms with Crippen LogP contribution >= 0.6 is 0 Å². The van der Waals surface area contributed by atoms with E-state index < -0.39 is 24.7 Å². The fourth-order valence-corrected chi connectivity index (χ4v) is 4.52. The van der Waals surface area contributed by atoms with Gasteiger partial charge in [-0.05, 0) is 5.56 Å². The van der Waals surface area contributed by atoms with Gasteiger partial charge in [0.05, 0.1) is 0 Å². The normalized spacial score (nSPS) is 12.7. The third-order valence-electron chi connectivity index (χ3n) is 2.49. The number of hydrogen-bond acceptors (Lipinski definition) is 5. The van der Waals surface area contributed by atoms with E-state index in [9.17, 15) is 8.42 Å². The lowest BCUT2D eigenvalue weighted by Crippen LogP contribution is -2.56. The second-order valence-electron chi connectivity index (χ2n) is 3.55. The lowest BCUT2D eigenvalue weighted by atomic mass is 10.2. The number of hydrogen-bond donors (Lipinski definition) is 1. The Kier molecular flexibility index (Phi) is 5.02. The molecule has 0 unspecified atom stereocenters. The minimum absolute atomic E-state index is 0.400. The summed E-state index contributed by atoms with van der Waals surface area (Å²) >= 11 is 0. The second-order valence-corrected chi connectivity index (χ2v) is 7.88. The molecule has 0 aromatic heterocycles. The van der Waals surface area contributed by atoms with Crippen molar-refractivity contribution in [2.24, 2.45) is 0 Å². The minimum atomic E-state index is -4.13. The van der Waals surface area contributed by atoms with Crippen LogP contribution in [0.15, 0.2) is 24.3 Å². The average molecular weight is 292 g/mol. The zero-order valence-electron chi connectivity index (χ0n) is 10.4. The summed E-state index contributed by atoms with van der Waals surface area (Å²) in [5.41, 5.74) is 0.400. The summed E-state index contributed by atoms with van der Waals surface area (Å²) in [6, 6.07) is 6.65. The predicted molar refractivity (Wildman–Crippen MR) is 68.1 cm³/mol. The van der Waals surface area contributed by atoms with E-state index in [0.29, 0.717) is 10.8 Å². The van der Waals surface area contributed by atoms with E-state index in [2.05, 4.69) is 0 Å². The van der Waals surface area contributed by atoms with Gasteiger partial charge in [-0.15, -0.1) is 0 Å². The number of rotatable bonds is 6. The van der Waals surface area contributed by atoms with E-state index in [1.807, 2.05) is 0 Å². The Labute approximate surface area is 108 Å². The van der Waals surface area contributed by atoms with Crippen molar-refractivity contribution in [1.82, 2.24) is 0 Å². The van der Waals surface area contributed by atoms with Gasteiger partial charge in [-0.2, -0.15) is 8.42 Å². The molecule has 6 nitrogen and oxygen atoms in total. The van der Waals surface area contributed by atoms with Gasteiger partial charge in [0.2, 0.25) is 0 Å².